The minimum Gasteiger partial charge on any atom is -0.455 e. The van der Waals surface area contributed by atoms with E-state index in [1.165, 1.54) is 3.97 Å². The largest absolute Gasteiger partial charge is 0.455 e. The molecule has 8 nitrogen and oxygen atoms in total. The first-order chi connectivity index (χ1) is 21.9. The molecule has 0 amide bonds. The van der Waals surface area contributed by atoms with Gasteiger partial charge in [0.25, 0.3) is 0 Å². The zero-order valence-electron chi connectivity index (χ0n) is 25.2. The molecule has 0 fully saturated rings. The Morgan fingerprint density at radius 2 is 1.42 bits per heavy atom. The second-order valence-corrected chi connectivity index (χ2v) is 12.6. The number of furan rings is 1. The van der Waals surface area contributed by atoms with Gasteiger partial charge in [-0.1, -0.05) is 74.5 Å². The minimum atomic E-state index is -4.10. The van der Waals surface area contributed by atoms with Crippen LogP contribution in [-0.2, 0) is 10.2 Å². The lowest BCUT2D eigenvalue weighted by molar-refractivity contribution is 0.570. The smallest absolute Gasteiger partial charge is 0.354 e. The van der Waals surface area contributed by atoms with Crippen LogP contribution < -0.4 is 4.90 Å². The quantitative estimate of drug-likeness (QED) is 0.194. The number of imidazole rings is 1. The first-order valence-corrected chi connectivity index (χ1v) is 16.3. The zero-order chi connectivity index (χ0) is 31.0. The van der Waals surface area contributed by atoms with Crippen LogP contribution in [0.15, 0.2) is 108 Å². The molecule has 222 valence electrons. The Morgan fingerprint density at radius 3 is 2.24 bits per heavy atom. The normalized spacial score (nSPS) is 13.6. The van der Waals surface area contributed by atoms with Crippen LogP contribution >= 0.6 is 0 Å². The predicted octanol–water partition coefficient (Wildman–Crippen LogP) is 9.02. The zero-order valence-corrected chi connectivity index (χ0v) is 26.0. The van der Waals surface area contributed by atoms with Crippen molar-refractivity contribution in [2.45, 2.75) is 27.7 Å². The van der Waals surface area contributed by atoms with Crippen LogP contribution in [-0.4, -0.2) is 26.6 Å². The number of benzene rings is 5. The van der Waals surface area contributed by atoms with E-state index in [9.17, 15) is 8.42 Å². The molecule has 8 aromatic rings. The van der Waals surface area contributed by atoms with E-state index in [1.54, 1.807) is 6.07 Å². The van der Waals surface area contributed by atoms with Gasteiger partial charge in [-0.2, -0.15) is 17.5 Å². The lowest BCUT2D eigenvalue weighted by atomic mass is 10.0. The summed E-state index contributed by atoms with van der Waals surface area (Å²) in [5.74, 6) is 0.730. The Balaban J connectivity index is 0.00000147. The molecule has 1 aliphatic heterocycles. The minimum absolute atomic E-state index is 0.292. The van der Waals surface area contributed by atoms with Gasteiger partial charge < -0.3 is 4.42 Å². The summed E-state index contributed by atoms with van der Waals surface area (Å²) in [7, 11) is -4.10. The standard InChI is InChI=1S/C34H23N5O3S.C2H6/c1-20-18-27-29(19-21(20)2)36-39-33(27)37(34-35-28-11-4-5-12-30(28)38(34)43(39,40)41)23-16-14-22(15-17-23)24-9-7-10-26-25-8-3-6-13-31(25)42-32(24)26;1-2/h3-19H,1-2H3;1-2H3. The molecule has 4 heterocycles. The fraction of sp³-hybridized carbons (Fsp3) is 0.111. The maximum atomic E-state index is 14.1. The van der Waals surface area contributed by atoms with Crippen LogP contribution in [0.2, 0.25) is 0 Å². The van der Waals surface area contributed by atoms with E-state index in [4.69, 9.17) is 9.40 Å². The predicted molar refractivity (Wildman–Crippen MR) is 181 cm³/mol. The molecule has 0 radical (unpaired) electrons. The topological polar surface area (TPSA) is 86.2 Å². The highest BCUT2D eigenvalue weighted by Gasteiger charge is 2.39. The average molecular weight is 612 g/mol. The molecule has 0 saturated heterocycles. The molecule has 0 aliphatic carbocycles. The van der Waals surface area contributed by atoms with Gasteiger partial charge in [-0.05, 0) is 73.0 Å². The summed E-state index contributed by atoms with van der Waals surface area (Å²) in [4.78, 5) is 6.72. The van der Waals surface area contributed by atoms with Crippen LogP contribution in [0, 0.1) is 13.8 Å². The van der Waals surface area contributed by atoms with Crippen molar-refractivity contribution in [2.75, 3.05) is 4.90 Å². The Morgan fingerprint density at radius 1 is 0.711 bits per heavy atom. The Kier molecular flexibility index (Phi) is 5.92. The van der Waals surface area contributed by atoms with Crippen molar-refractivity contribution in [3.8, 4) is 11.1 Å². The molecule has 0 atom stereocenters. The Labute approximate surface area is 259 Å². The summed E-state index contributed by atoms with van der Waals surface area (Å²) in [6.07, 6.45) is 0. The molecule has 0 N–H and O–H groups in total. The maximum absolute atomic E-state index is 14.1. The summed E-state index contributed by atoms with van der Waals surface area (Å²) in [5, 5.41) is 7.49. The highest BCUT2D eigenvalue weighted by atomic mass is 32.2. The molecule has 0 unspecified atom stereocenters. The molecule has 5 aromatic carbocycles. The van der Waals surface area contributed by atoms with Crippen LogP contribution in [0.1, 0.15) is 25.0 Å². The highest BCUT2D eigenvalue weighted by Crippen LogP contribution is 2.46. The summed E-state index contributed by atoms with van der Waals surface area (Å²) in [6.45, 7) is 8.02. The number of anilines is 3. The van der Waals surface area contributed by atoms with Gasteiger partial charge in [0, 0.05) is 21.7 Å². The Hall–Kier alpha value is -5.41. The van der Waals surface area contributed by atoms with E-state index in [0.29, 0.717) is 28.3 Å². The van der Waals surface area contributed by atoms with Crippen molar-refractivity contribution in [2.24, 2.45) is 0 Å². The molecule has 1 aliphatic rings. The Bertz CT molecular complexity index is 2560. The van der Waals surface area contributed by atoms with Crippen LogP contribution in [0.4, 0.5) is 17.5 Å². The van der Waals surface area contributed by atoms with E-state index in [1.807, 2.05) is 111 Å². The fourth-order valence-corrected chi connectivity index (χ4v) is 7.69. The van der Waals surface area contributed by atoms with Gasteiger partial charge in [-0.3, -0.25) is 4.90 Å². The second kappa shape index (κ2) is 9.80. The van der Waals surface area contributed by atoms with Crippen molar-refractivity contribution in [3.63, 3.8) is 0 Å². The van der Waals surface area contributed by atoms with E-state index >= 15 is 0 Å². The number of aryl methyl sites for hydroxylation is 2. The lowest BCUT2D eigenvalue weighted by Gasteiger charge is -2.29. The lowest BCUT2D eigenvalue weighted by Crippen LogP contribution is -2.34. The van der Waals surface area contributed by atoms with Crippen molar-refractivity contribution in [1.82, 2.24) is 18.1 Å². The summed E-state index contributed by atoms with van der Waals surface area (Å²) >= 11 is 0. The second-order valence-electron chi connectivity index (χ2n) is 11.0. The molecular formula is C36H29N5O3S. The molecule has 9 rings (SSSR count). The van der Waals surface area contributed by atoms with E-state index in [2.05, 4.69) is 23.3 Å². The number of fused-ring (bicyclic) bond motifs is 9. The summed E-state index contributed by atoms with van der Waals surface area (Å²) < 4.78 is 36.9. The third kappa shape index (κ3) is 3.80. The van der Waals surface area contributed by atoms with Crippen molar-refractivity contribution in [1.29, 1.82) is 0 Å². The molecule has 45 heavy (non-hydrogen) atoms. The van der Waals surface area contributed by atoms with Gasteiger partial charge in [0.05, 0.1) is 22.2 Å². The summed E-state index contributed by atoms with van der Waals surface area (Å²) in [6, 6.07) is 33.4. The number of hydrogen-bond acceptors (Lipinski definition) is 6. The number of nitrogens with zero attached hydrogens (tertiary/aromatic N) is 5. The molecule has 0 bridgehead atoms. The van der Waals surface area contributed by atoms with Gasteiger partial charge in [0.15, 0.2) is 5.82 Å². The first kappa shape index (κ1) is 27.2. The monoisotopic (exact) mass is 611 g/mol. The molecule has 9 heteroatoms. The molecule has 0 spiro atoms. The third-order valence-corrected chi connectivity index (χ3v) is 9.95. The third-order valence-electron chi connectivity index (χ3n) is 8.44. The fourth-order valence-electron chi connectivity index (χ4n) is 6.21. The van der Waals surface area contributed by atoms with Crippen molar-refractivity contribution < 1.29 is 12.8 Å². The number of rotatable bonds is 2. The number of hydrogen-bond donors (Lipinski definition) is 0. The molecular weight excluding hydrogens is 582 g/mol. The van der Waals surface area contributed by atoms with Crippen LogP contribution in [0.3, 0.4) is 0 Å². The van der Waals surface area contributed by atoms with Gasteiger partial charge in [0.1, 0.15) is 11.2 Å². The van der Waals surface area contributed by atoms with Gasteiger partial charge >= 0.3 is 10.2 Å². The maximum Gasteiger partial charge on any atom is 0.354 e. The van der Waals surface area contributed by atoms with E-state index < -0.39 is 10.2 Å². The molecule has 3 aromatic heterocycles. The summed E-state index contributed by atoms with van der Waals surface area (Å²) in [5.41, 5.74) is 8.18. The van der Waals surface area contributed by atoms with Crippen molar-refractivity contribution >= 4 is 71.5 Å². The SMILES string of the molecule is CC.Cc1cc2nn3c(c2cc1C)N(c1ccc(-c2cccc4c2oc2ccccc24)cc1)c1nc2ccccc2n1S3(=O)=O. The molecule has 0 saturated carbocycles. The van der Waals surface area contributed by atoms with E-state index in [-0.39, 0.29) is 0 Å². The number of para-hydroxylation sites is 4. The van der Waals surface area contributed by atoms with Gasteiger partial charge in [-0.25, -0.2) is 4.98 Å². The highest BCUT2D eigenvalue weighted by molar-refractivity contribution is 7.88. The van der Waals surface area contributed by atoms with Crippen LogP contribution in [0.25, 0.3) is 55.0 Å². The van der Waals surface area contributed by atoms with Crippen molar-refractivity contribution in [3.05, 3.63) is 114 Å². The number of aromatic nitrogens is 4. The van der Waals surface area contributed by atoms with Gasteiger partial charge in [-0.15, -0.1) is 4.09 Å². The van der Waals surface area contributed by atoms with Gasteiger partial charge in [0.2, 0.25) is 5.95 Å². The first-order valence-electron chi connectivity index (χ1n) is 14.9. The average Bonchev–Trinajstić information content (AvgIpc) is 3.75. The van der Waals surface area contributed by atoms with Crippen LogP contribution in [0.5, 0.6) is 0 Å². The van der Waals surface area contributed by atoms with E-state index in [0.717, 1.165) is 59.4 Å².